The summed E-state index contributed by atoms with van der Waals surface area (Å²) >= 11 is 6.02. The highest BCUT2D eigenvalue weighted by molar-refractivity contribution is 6.30. The van der Waals surface area contributed by atoms with Crippen molar-refractivity contribution in [2.75, 3.05) is 18.0 Å². The van der Waals surface area contributed by atoms with Gasteiger partial charge in [0.15, 0.2) is 5.82 Å². The summed E-state index contributed by atoms with van der Waals surface area (Å²) in [5, 5.41) is 0.431. The molecule has 5 nitrogen and oxygen atoms in total. The van der Waals surface area contributed by atoms with Crippen LogP contribution in [0.3, 0.4) is 0 Å². The third-order valence-electron chi connectivity index (χ3n) is 3.35. The van der Waals surface area contributed by atoms with Gasteiger partial charge in [0, 0.05) is 33.3 Å². The molecule has 1 aliphatic rings. The Morgan fingerprint density at radius 3 is 2.59 bits per heavy atom. The molecule has 0 amide bonds. The van der Waals surface area contributed by atoms with Crippen LogP contribution in [0, 0.1) is 0 Å². The van der Waals surface area contributed by atoms with Crippen molar-refractivity contribution in [1.82, 2.24) is 14.1 Å². The van der Waals surface area contributed by atoms with Crippen molar-refractivity contribution in [2.24, 2.45) is 14.1 Å². The first-order valence-corrected chi connectivity index (χ1v) is 5.94. The van der Waals surface area contributed by atoms with E-state index in [9.17, 15) is 4.79 Å². The molecule has 3 rings (SSSR count). The number of pyridine rings is 1. The van der Waals surface area contributed by atoms with Gasteiger partial charge in [-0.3, -0.25) is 9.13 Å². The highest BCUT2D eigenvalue weighted by Crippen LogP contribution is 2.29. The number of hydrogen-bond acceptors (Lipinski definition) is 3. The van der Waals surface area contributed by atoms with Crippen LogP contribution < -0.4 is 10.6 Å². The Labute approximate surface area is 103 Å². The van der Waals surface area contributed by atoms with E-state index in [-0.39, 0.29) is 5.69 Å². The Bertz CT molecular complexity index is 654. The predicted molar refractivity (Wildman–Crippen MR) is 67.8 cm³/mol. The fourth-order valence-electron chi connectivity index (χ4n) is 2.23. The molecule has 0 radical (unpaired) electrons. The zero-order valence-electron chi connectivity index (χ0n) is 9.77. The van der Waals surface area contributed by atoms with Crippen LogP contribution in [0.15, 0.2) is 10.9 Å². The number of aryl methyl sites for hydroxylation is 2. The maximum Gasteiger partial charge on any atom is 0.328 e. The molecule has 17 heavy (non-hydrogen) atoms. The maximum absolute atomic E-state index is 11.9. The van der Waals surface area contributed by atoms with Gasteiger partial charge >= 0.3 is 5.69 Å². The molecule has 0 atom stereocenters. The number of fused-ring (bicyclic) bond motifs is 1. The van der Waals surface area contributed by atoms with Crippen LogP contribution in [0.2, 0.25) is 5.15 Å². The molecule has 0 N–H and O–H groups in total. The van der Waals surface area contributed by atoms with E-state index in [1.54, 1.807) is 29.3 Å². The molecule has 3 heterocycles. The van der Waals surface area contributed by atoms with Gasteiger partial charge in [-0.25, -0.2) is 9.78 Å². The zero-order chi connectivity index (χ0) is 12.2. The molecule has 0 saturated carbocycles. The van der Waals surface area contributed by atoms with Gasteiger partial charge in [-0.15, -0.1) is 0 Å². The molecule has 2 aromatic rings. The predicted octanol–water partition coefficient (Wildman–Crippen LogP) is 1.14. The van der Waals surface area contributed by atoms with E-state index in [0.717, 1.165) is 36.4 Å². The summed E-state index contributed by atoms with van der Waals surface area (Å²) in [6.45, 7) is 1.96. The van der Waals surface area contributed by atoms with Crippen molar-refractivity contribution < 1.29 is 0 Å². The monoisotopic (exact) mass is 252 g/mol. The highest BCUT2D eigenvalue weighted by atomic mass is 35.5. The lowest BCUT2D eigenvalue weighted by molar-refractivity contribution is 0.610. The van der Waals surface area contributed by atoms with Crippen molar-refractivity contribution in [3.05, 3.63) is 21.7 Å². The second-order valence-electron chi connectivity index (χ2n) is 4.38. The summed E-state index contributed by atoms with van der Waals surface area (Å²) in [5.74, 6) is 0.818. The van der Waals surface area contributed by atoms with E-state index in [4.69, 9.17) is 11.6 Å². The average molecular weight is 253 g/mol. The molecule has 2 aromatic heterocycles. The van der Waals surface area contributed by atoms with Crippen LogP contribution in [-0.2, 0) is 14.1 Å². The standard InChI is InChI=1S/C11H13ClN4O/c1-14-7-6-8(12)13-10(16-4-3-5-16)9(7)15(2)11(14)17/h6H,3-5H2,1-2H3. The summed E-state index contributed by atoms with van der Waals surface area (Å²) in [6, 6.07) is 1.74. The minimum absolute atomic E-state index is 0.0501. The van der Waals surface area contributed by atoms with E-state index < -0.39 is 0 Å². The Balaban J connectivity index is 2.40. The van der Waals surface area contributed by atoms with Crippen LogP contribution in [0.4, 0.5) is 5.82 Å². The van der Waals surface area contributed by atoms with Gasteiger partial charge < -0.3 is 4.90 Å². The van der Waals surface area contributed by atoms with Crippen molar-refractivity contribution >= 4 is 28.5 Å². The smallest absolute Gasteiger partial charge is 0.328 e. The average Bonchev–Trinajstić information content (AvgIpc) is 2.41. The van der Waals surface area contributed by atoms with E-state index in [1.165, 1.54) is 0 Å². The number of halogens is 1. The van der Waals surface area contributed by atoms with Gasteiger partial charge in [0.1, 0.15) is 10.7 Å². The van der Waals surface area contributed by atoms with Crippen LogP contribution in [0.25, 0.3) is 11.0 Å². The second-order valence-corrected chi connectivity index (χ2v) is 4.76. The number of anilines is 1. The molecule has 0 aromatic carbocycles. The number of imidazole rings is 1. The largest absolute Gasteiger partial charge is 0.355 e. The van der Waals surface area contributed by atoms with Crippen LogP contribution >= 0.6 is 11.6 Å². The molecule has 6 heteroatoms. The first-order valence-electron chi connectivity index (χ1n) is 5.56. The third kappa shape index (κ3) is 1.38. The number of rotatable bonds is 1. The Morgan fingerprint density at radius 1 is 1.29 bits per heavy atom. The summed E-state index contributed by atoms with van der Waals surface area (Å²) in [6.07, 6.45) is 1.16. The normalized spacial score (nSPS) is 15.4. The summed E-state index contributed by atoms with van der Waals surface area (Å²) in [7, 11) is 3.52. The van der Waals surface area contributed by atoms with E-state index in [2.05, 4.69) is 9.88 Å². The van der Waals surface area contributed by atoms with Crippen LogP contribution in [0.1, 0.15) is 6.42 Å². The summed E-state index contributed by atoms with van der Waals surface area (Å²) in [5.41, 5.74) is 1.65. The maximum atomic E-state index is 11.9. The Kier molecular flexibility index (Phi) is 2.19. The van der Waals surface area contributed by atoms with E-state index >= 15 is 0 Å². The molecule has 0 bridgehead atoms. The molecule has 90 valence electrons. The van der Waals surface area contributed by atoms with Gasteiger partial charge in [-0.05, 0) is 6.42 Å². The van der Waals surface area contributed by atoms with Crippen molar-refractivity contribution in [3.8, 4) is 0 Å². The zero-order valence-corrected chi connectivity index (χ0v) is 10.5. The van der Waals surface area contributed by atoms with Gasteiger partial charge in [-0.1, -0.05) is 11.6 Å². The minimum atomic E-state index is -0.0501. The molecular formula is C11H13ClN4O. The number of nitrogens with zero attached hydrogens (tertiary/aromatic N) is 4. The minimum Gasteiger partial charge on any atom is -0.355 e. The third-order valence-corrected chi connectivity index (χ3v) is 3.54. The molecule has 0 aliphatic carbocycles. The Morgan fingerprint density at radius 2 is 2.00 bits per heavy atom. The van der Waals surface area contributed by atoms with Crippen molar-refractivity contribution in [1.29, 1.82) is 0 Å². The highest BCUT2D eigenvalue weighted by Gasteiger charge is 2.22. The molecule has 0 spiro atoms. The first-order chi connectivity index (χ1) is 8.09. The topological polar surface area (TPSA) is 43.1 Å². The van der Waals surface area contributed by atoms with Crippen LogP contribution in [0.5, 0.6) is 0 Å². The van der Waals surface area contributed by atoms with Crippen LogP contribution in [-0.4, -0.2) is 27.2 Å². The molecule has 1 aliphatic heterocycles. The lowest BCUT2D eigenvalue weighted by Crippen LogP contribution is -2.38. The van der Waals surface area contributed by atoms with Gasteiger partial charge in [0.05, 0.1) is 5.52 Å². The van der Waals surface area contributed by atoms with E-state index in [1.807, 2.05) is 0 Å². The lowest BCUT2D eigenvalue weighted by atomic mass is 10.2. The van der Waals surface area contributed by atoms with Gasteiger partial charge in [-0.2, -0.15) is 0 Å². The van der Waals surface area contributed by atoms with Crippen molar-refractivity contribution in [2.45, 2.75) is 6.42 Å². The molecule has 1 saturated heterocycles. The lowest BCUT2D eigenvalue weighted by Gasteiger charge is -2.32. The second kappa shape index (κ2) is 3.50. The molecular weight excluding hydrogens is 240 g/mol. The van der Waals surface area contributed by atoms with E-state index in [0.29, 0.717) is 5.15 Å². The number of hydrogen-bond donors (Lipinski definition) is 0. The SMILES string of the molecule is Cn1c(=O)n(C)c2c(N3CCC3)nc(Cl)cc21. The Hall–Kier alpha value is -1.49. The quantitative estimate of drug-likeness (QED) is 0.715. The molecule has 0 unspecified atom stereocenters. The fourth-order valence-corrected chi connectivity index (χ4v) is 2.42. The first kappa shape index (κ1) is 10.7. The fraction of sp³-hybridized carbons (Fsp3) is 0.455. The van der Waals surface area contributed by atoms with Crippen molar-refractivity contribution in [3.63, 3.8) is 0 Å². The summed E-state index contributed by atoms with van der Waals surface area (Å²) < 4.78 is 3.23. The summed E-state index contributed by atoms with van der Waals surface area (Å²) in [4.78, 5) is 18.4. The van der Waals surface area contributed by atoms with Gasteiger partial charge in [0.25, 0.3) is 0 Å². The number of aromatic nitrogens is 3. The van der Waals surface area contributed by atoms with Gasteiger partial charge in [0.2, 0.25) is 0 Å². The molecule has 1 fully saturated rings.